The van der Waals surface area contributed by atoms with Gasteiger partial charge >= 0.3 is 6.03 Å². The first-order chi connectivity index (χ1) is 8.61. The van der Waals surface area contributed by atoms with Gasteiger partial charge in [0.25, 0.3) is 5.91 Å². The maximum Gasteiger partial charge on any atom is 0.316 e. The van der Waals surface area contributed by atoms with E-state index in [1.165, 1.54) is 0 Å². The molecule has 0 radical (unpaired) electrons. The Morgan fingerprint density at radius 2 is 2.33 bits per heavy atom. The lowest BCUT2D eigenvalue weighted by atomic mass is 10.1. The number of ether oxygens (including phenoxy) is 1. The fourth-order valence-electron chi connectivity index (χ4n) is 1.98. The molecule has 2 rings (SSSR count). The number of urea groups is 1. The molecular formula is C12H15N3O3. The maximum absolute atomic E-state index is 12.0. The quantitative estimate of drug-likeness (QED) is 0.827. The molecule has 1 aromatic carbocycles. The van der Waals surface area contributed by atoms with Gasteiger partial charge in [-0.25, -0.2) is 4.79 Å². The molecule has 0 spiro atoms. The highest BCUT2D eigenvalue weighted by atomic mass is 16.5. The molecule has 6 heteroatoms. The Labute approximate surface area is 105 Å². The van der Waals surface area contributed by atoms with Crippen molar-refractivity contribution in [1.82, 2.24) is 4.90 Å². The van der Waals surface area contributed by atoms with E-state index in [1.807, 2.05) is 0 Å². The molecule has 0 bridgehead atoms. The highest BCUT2D eigenvalue weighted by Crippen LogP contribution is 2.25. The topological polar surface area (TPSA) is 84.7 Å². The zero-order chi connectivity index (χ0) is 13.1. The molecule has 96 valence electrons. The minimum absolute atomic E-state index is 0.00678. The summed E-state index contributed by atoms with van der Waals surface area (Å²) in [5, 5.41) is 2.49. The lowest BCUT2D eigenvalue weighted by molar-refractivity contribution is 0.0719. The average molecular weight is 249 g/mol. The van der Waals surface area contributed by atoms with Gasteiger partial charge in [0.1, 0.15) is 0 Å². The van der Waals surface area contributed by atoms with Crippen LogP contribution in [0, 0.1) is 0 Å². The zero-order valence-corrected chi connectivity index (χ0v) is 10.1. The molecule has 3 amide bonds. The number of nitrogens with two attached hydrogens (primary N) is 1. The van der Waals surface area contributed by atoms with Crippen LogP contribution in [0.25, 0.3) is 0 Å². The van der Waals surface area contributed by atoms with Gasteiger partial charge in [0, 0.05) is 31.5 Å². The molecule has 6 nitrogen and oxygen atoms in total. The van der Waals surface area contributed by atoms with Crippen molar-refractivity contribution in [3.8, 4) is 0 Å². The first-order valence-electron chi connectivity index (χ1n) is 5.59. The summed E-state index contributed by atoms with van der Waals surface area (Å²) < 4.78 is 4.96. The van der Waals surface area contributed by atoms with Crippen molar-refractivity contribution in [3.05, 3.63) is 29.3 Å². The molecule has 0 aromatic heterocycles. The van der Waals surface area contributed by atoms with Crippen molar-refractivity contribution in [2.45, 2.75) is 6.54 Å². The number of primary amides is 1. The zero-order valence-electron chi connectivity index (χ0n) is 10.1. The number of nitrogens with zero attached hydrogens (tertiary/aromatic N) is 1. The van der Waals surface area contributed by atoms with E-state index in [2.05, 4.69) is 5.32 Å². The van der Waals surface area contributed by atoms with Crippen LogP contribution in [0.1, 0.15) is 15.9 Å². The molecule has 0 unspecified atom stereocenters. The number of benzene rings is 1. The molecule has 1 aromatic rings. The number of carbonyl (C=O) groups is 2. The summed E-state index contributed by atoms with van der Waals surface area (Å²) >= 11 is 0. The van der Waals surface area contributed by atoms with E-state index in [4.69, 9.17) is 10.5 Å². The van der Waals surface area contributed by atoms with E-state index in [1.54, 1.807) is 30.2 Å². The third-order valence-electron chi connectivity index (χ3n) is 2.82. The number of fused-ring (bicyclic) bond motifs is 1. The van der Waals surface area contributed by atoms with Crippen LogP contribution in [-0.2, 0) is 11.3 Å². The van der Waals surface area contributed by atoms with Crippen LogP contribution in [0.5, 0.6) is 0 Å². The Kier molecular flexibility index (Phi) is 3.47. The van der Waals surface area contributed by atoms with E-state index in [0.29, 0.717) is 30.9 Å². The third-order valence-corrected chi connectivity index (χ3v) is 2.82. The fourth-order valence-corrected chi connectivity index (χ4v) is 1.98. The molecule has 0 saturated carbocycles. The summed E-state index contributed by atoms with van der Waals surface area (Å²) in [5.41, 5.74) is 7.20. The molecule has 1 heterocycles. The smallest absolute Gasteiger partial charge is 0.316 e. The lowest BCUT2D eigenvalue weighted by Gasteiger charge is -2.14. The standard InChI is InChI=1S/C12H15N3O3/c1-18-5-4-15-7-8-6-9(14-12(13)17)2-3-10(8)11(15)16/h2-3,6H,4-5,7H2,1H3,(H3,13,14,17). The number of nitrogens with one attached hydrogen (secondary N) is 1. The summed E-state index contributed by atoms with van der Waals surface area (Å²) in [6.07, 6.45) is 0. The van der Waals surface area contributed by atoms with Crippen LogP contribution in [0.2, 0.25) is 0 Å². The molecule has 0 fully saturated rings. The second-order valence-electron chi connectivity index (χ2n) is 4.08. The van der Waals surface area contributed by atoms with Gasteiger partial charge in [0.15, 0.2) is 0 Å². The van der Waals surface area contributed by atoms with Crippen molar-refractivity contribution < 1.29 is 14.3 Å². The second-order valence-corrected chi connectivity index (χ2v) is 4.08. The highest BCUT2D eigenvalue weighted by molar-refractivity contribution is 5.99. The Morgan fingerprint density at radius 3 is 3.00 bits per heavy atom. The minimum atomic E-state index is -0.615. The predicted octanol–water partition coefficient (Wildman–Crippen LogP) is 0.779. The number of methoxy groups -OCH3 is 1. The molecule has 3 N–H and O–H groups in total. The maximum atomic E-state index is 12.0. The lowest BCUT2D eigenvalue weighted by Crippen LogP contribution is -2.27. The van der Waals surface area contributed by atoms with Gasteiger partial charge in [-0.05, 0) is 23.8 Å². The Hall–Kier alpha value is -2.08. The molecule has 1 aliphatic rings. The van der Waals surface area contributed by atoms with Crippen molar-refractivity contribution in [2.24, 2.45) is 5.73 Å². The number of amides is 3. The van der Waals surface area contributed by atoms with Crippen molar-refractivity contribution in [2.75, 3.05) is 25.6 Å². The van der Waals surface area contributed by atoms with Gasteiger partial charge in [-0.1, -0.05) is 0 Å². The average Bonchev–Trinajstić information content (AvgIpc) is 2.62. The van der Waals surface area contributed by atoms with Crippen LogP contribution < -0.4 is 11.1 Å². The van der Waals surface area contributed by atoms with Crippen LogP contribution in [0.15, 0.2) is 18.2 Å². The molecule has 1 aliphatic heterocycles. The van der Waals surface area contributed by atoms with Crippen LogP contribution in [0.3, 0.4) is 0 Å². The van der Waals surface area contributed by atoms with Gasteiger partial charge in [-0.15, -0.1) is 0 Å². The van der Waals surface area contributed by atoms with Gasteiger partial charge in [0.05, 0.1) is 6.61 Å². The normalized spacial score (nSPS) is 13.6. The monoisotopic (exact) mass is 249 g/mol. The highest BCUT2D eigenvalue weighted by Gasteiger charge is 2.26. The molecule has 0 aliphatic carbocycles. The van der Waals surface area contributed by atoms with Crippen molar-refractivity contribution in [1.29, 1.82) is 0 Å². The van der Waals surface area contributed by atoms with Crippen molar-refractivity contribution in [3.63, 3.8) is 0 Å². The van der Waals surface area contributed by atoms with Crippen molar-refractivity contribution >= 4 is 17.6 Å². The number of anilines is 1. The summed E-state index contributed by atoms with van der Waals surface area (Å²) in [6, 6.07) is 4.53. The molecule has 18 heavy (non-hydrogen) atoms. The number of rotatable bonds is 4. The van der Waals surface area contributed by atoms with Gasteiger partial charge in [0.2, 0.25) is 0 Å². The van der Waals surface area contributed by atoms with Crippen LogP contribution >= 0.6 is 0 Å². The van der Waals surface area contributed by atoms with Gasteiger partial charge in [-0.3, -0.25) is 4.79 Å². The first-order valence-corrected chi connectivity index (χ1v) is 5.59. The van der Waals surface area contributed by atoms with Crippen LogP contribution in [0.4, 0.5) is 10.5 Å². The Bertz CT molecular complexity index is 487. The predicted molar refractivity (Wildman–Crippen MR) is 66.3 cm³/mol. The largest absolute Gasteiger partial charge is 0.383 e. The first kappa shape index (κ1) is 12.4. The van der Waals surface area contributed by atoms with Crippen LogP contribution in [-0.4, -0.2) is 37.1 Å². The van der Waals surface area contributed by atoms with E-state index in [-0.39, 0.29) is 5.91 Å². The second kappa shape index (κ2) is 5.05. The van der Waals surface area contributed by atoms with Gasteiger partial charge < -0.3 is 20.7 Å². The summed E-state index contributed by atoms with van der Waals surface area (Å²) in [6.45, 7) is 1.60. The molecular weight excluding hydrogens is 234 g/mol. The summed E-state index contributed by atoms with van der Waals surface area (Å²) in [5.74, 6) is -0.00678. The number of carbonyl (C=O) groups excluding carboxylic acids is 2. The fraction of sp³-hybridized carbons (Fsp3) is 0.333. The number of hydrogen-bond donors (Lipinski definition) is 2. The van der Waals surface area contributed by atoms with Gasteiger partial charge in [-0.2, -0.15) is 0 Å². The molecule has 0 saturated heterocycles. The third kappa shape index (κ3) is 2.43. The Balaban J connectivity index is 2.15. The Morgan fingerprint density at radius 1 is 1.56 bits per heavy atom. The molecule has 0 atom stereocenters. The van der Waals surface area contributed by atoms with E-state index in [9.17, 15) is 9.59 Å². The summed E-state index contributed by atoms with van der Waals surface area (Å²) in [4.78, 5) is 24.5. The number of hydrogen-bond acceptors (Lipinski definition) is 3. The summed E-state index contributed by atoms with van der Waals surface area (Å²) in [7, 11) is 1.60. The SMILES string of the molecule is COCCN1Cc2cc(NC(N)=O)ccc2C1=O. The van der Waals surface area contributed by atoms with E-state index >= 15 is 0 Å². The van der Waals surface area contributed by atoms with E-state index in [0.717, 1.165) is 5.56 Å². The minimum Gasteiger partial charge on any atom is -0.383 e. The van der Waals surface area contributed by atoms with E-state index < -0.39 is 6.03 Å².